The first-order chi connectivity index (χ1) is 10.3. The number of aromatic nitrogens is 4. The number of primary sulfonamides is 1. The van der Waals surface area contributed by atoms with Crippen molar-refractivity contribution in [1.29, 1.82) is 0 Å². The predicted octanol–water partition coefficient (Wildman–Crippen LogP) is 2.09. The van der Waals surface area contributed by atoms with Crippen molar-refractivity contribution in [2.75, 3.05) is 0 Å². The van der Waals surface area contributed by atoms with E-state index >= 15 is 0 Å². The van der Waals surface area contributed by atoms with Crippen LogP contribution in [-0.2, 0) is 10.0 Å². The molecule has 0 aromatic carbocycles. The van der Waals surface area contributed by atoms with Gasteiger partial charge in [-0.3, -0.25) is 0 Å². The largest absolute Gasteiger partial charge is 0.291 e. The minimum atomic E-state index is -3.98. The van der Waals surface area contributed by atoms with E-state index in [1.54, 1.807) is 0 Å². The van der Waals surface area contributed by atoms with Crippen LogP contribution in [0.25, 0.3) is 16.1 Å². The molecule has 0 unspecified atom stereocenters. The van der Waals surface area contributed by atoms with Crippen molar-refractivity contribution in [2.24, 2.45) is 5.14 Å². The van der Waals surface area contributed by atoms with Crippen molar-refractivity contribution in [3.8, 4) is 10.6 Å². The highest BCUT2D eigenvalue weighted by molar-refractivity contribution is 7.89. The third kappa shape index (κ3) is 2.56. The molecule has 0 fully saturated rings. The quantitative estimate of drug-likeness (QED) is 0.716. The number of halogens is 3. The minimum Gasteiger partial charge on any atom is -0.225 e. The summed E-state index contributed by atoms with van der Waals surface area (Å²) in [6, 6.07) is 2.39. The van der Waals surface area contributed by atoms with Crippen LogP contribution < -0.4 is 5.14 Å². The second kappa shape index (κ2) is 5.19. The number of alkyl halides is 2. The summed E-state index contributed by atoms with van der Waals surface area (Å²) in [4.78, 5) is -0.217. The zero-order valence-corrected chi connectivity index (χ0v) is 12.8. The van der Waals surface area contributed by atoms with Gasteiger partial charge in [-0.1, -0.05) is 22.9 Å². The van der Waals surface area contributed by atoms with Crippen LogP contribution in [0.3, 0.4) is 0 Å². The summed E-state index contributed by atoms with van der Waals surface area (Å²) in [5, 5.41) is 15.8. The molecular weight excluding hydrogens is 360 g/mol. The van der Waals surface area contributed by atoms with Gasteiger partial charge in [0.25, 0.3) is 6.43 Å². The molecule has 22 heavy (non-hydrogen) atoms. The van der Waals surface area contributed by atoms with Gasteiger partial charge in [0.2, 0.25) is 10.0 Å². The van der Waals surface area contributed by atoms with E-state index < -0.39 is 21.5 Å². The fourth-order valence-electron chi connectivity index (χ4n) is 1.78. The van der Waals surface area contributed by atoms with E-state index in [1.165, 1.54) is 16.8 Å². The van der Waals surface area contributed by atoms with Gasteiger partial charge in [-0.25, -0.2) is 26.9 Å². The summed E-state index contributed by atoms with van der Waals surface area (Å²) >= 11 is 6.64. The van der Waals surface area contributed by atoms with Gasteiger partial charge in [0, 0.05) is 0 Å². The van der Waals surface area contributed by atoms with E-state index in [2.05, 4.69) is 15.3 Å². The first-order valence-electron chi connectivity index (χ1n) is 5.59. The molecule has 3 heterocycles. The molecule has 0 aliphatic rings. The van der Waals surface area contributed by atoms with Crippen LogP contribution >= 0.6 is 22.9 Å². The Bertz CT molecular complexity index is 969. The molecule has 0 amide bonds. The fraction of sp³-hybridized carbons (Fsp3) is 0.100. The summed E-state index contributed by atoms with van der Waals surface area (Å²) in [6.45, 7) is 0. The Morgan fingerprint density at radius 3 is 2.64 bits per heavy atom. The number of sulfonamides is 1. The molecule has 7 nitrogen and oxygen atoms in total. The highest BCUT2D eigenvalue weighted by atomic mass is 35.5. The molecular formula is C10H6ClF2N5O2S2. The molecule has 3 aromatic heterocycles. The van der Waals surface area contributed by atoms with E-state index in [1.807, 2.05) is 0 Å². The van der Waals surface area contributed by atoms with Gasteiger partial charge in [0.15, 0.2) is 10.0 Å². The average Bonchev–Trinajstić information content (AvgIpc) is 3.03. The van der Waals surface area contributed by atoms with Crippen molar-refractivity contribution in [3.05, 3.63) is 28.5 Å². The SMILES string of the molecule is NS(=O)(=O)c1cc(Cl)n2ncc(-c3nnc(C(F)F)s3)c2c1. The molecule has 0 aliphatic heterocycles. The predicted molar refractivity (Wildman–Crippen MR) is 75.4 cm³/mol. The topological polar surface area (TPSA) is 103 Å². The van der Waals surface area contributed by atoms with Gasteiger partial charge in [-0.2, -0.15) is 5.10 Å². The Morgan fingerprint density at radius 2 is 2.05 bits per heavy atom. The van der Waals surface area contributed by atoms with Crippen LogP contribution in [0.4, 0.5) is 8.78 Å². The molecule has 3 aromatic rings. The van der Waals surface area contributed by atoms with Gasteiger partial charge < -0.3 is 0 Å². The van der Waals surface area contributed by atoms with Gasteiger partial charge in [-0.05, 0) is 12.1 Å². The second-order valence-electron chi connectivity index (χ2n) is 4.16. The summed E-state index contributed by atoms with van der Waals surface area (Å²) in [7, 11) is -3.98. The standard InChI is InChI=1S/C10H6ClF2N5O2S2/c11-7-2-4(22(14,19)20)1-6-5(3-15-18(6)7)9-16-17-10(21-9)8(12)13/h1-3,8H,(H2,14,19,20). The van der Waals surface area contributed by atoms with Crippen molar-refractivity contribution in [3.63, 3.8) is 0 Å². The highest BCUT2D eigenvalue weighted by Crippen LogP contribution is 2.33. The highest BCUT2D eigenvalue weighted by Gasteiger charge is 2.20. The number of fused-ring (bicyclic) bond motifs is 1. The summed E-state index contributed by atoms with van der Waals surface area (Å²) < 4.78 is 49.3. The van der Waals surface area contributed by atoms with Crippen LogP contribution in [0.2, 0.25) is 5.15 Å². The molecule has 0 saturated carbocycles. The number of hydrogen-bond donors (Lipinski definition) is 1. The number of hydrogen-bond acceptors (Lipinski definition) is 6. The van der Waals surface area contributed by atoms with E-state index in [-0.39, 0.29) is 20.6 Å². The van der Waals surface area contributed by atoms with Crippen LogP contribution in [-0.4, -0.2) is 28.2 Å². The second-order valence-corrected chi connectivity index (χ2v) is 7.12. The first-order valence-corrected chi connectivity index (χ1v) is 8.33. The fourth-order valence-corrected chi connectivity index (χ4v) is 3.37. The van der Waals surface area contributed by atoms with Gasteiger partial charge in [0.1, 0.15) is 5.15 Å². The lowest BCUT2D eigenvalue weighted by molar-refractivity contribution is 0.150. The third-order valence-corrected chi connectivity index (χ3v) is 4.86. The lowest BCUT2D eigenvalue weighted by Gasteiger charge is -2.02. The lowest BCUT2D eigenvalue weighted by Crippen LogP contribution is -2.12. The average molecular weight is 366 g/mol. The number of nitrogens with two attached hydrogens (primary N) is 1. The van der Waals surface area contributed by atoms with E-state index in [9.17, 15) is 17.2 Å². The van der Waals surface area contributed by atoms with Crippen LogP contribution in [0.1, 0.15) is 11.4 Å². The monoisotopic (exact) mass is 365 g/mol. The summed E-state index contributed by atoms with van der Waals surface area (Å²) in [5.41, 5.74) is 0.602. The normalized spacial score (nSPS) is 12.4. The first kappa shape index (κ1) is 15.2. The molecule has 0 saturated heterocycles. The van der Waals surface area contributed by atoms with E-state index in [4.69, 9.17) is 16.7 Å². The zero-order chi connectivity index (χ0) is 16.1. The number of nitrogens with zero attached hydrogens (tertiary/aromatic N) is 4. The molecule has 12 heteroatoms. The van der Waals surface area contributed by atoms with Crippen molar-refractivity contribution in [2.45, 2.75) is 11.3 Å². The van der Waals surface area contributed by atoms with E-state index in [0.717, 1.165) is 6.07 Å². The lowest BCUT2D eigenvalue weighted by atomic mass is 10.3. The molecule has 0 atom stereocenters. The molecule has 0 radical (unpaired) electrons. The van der Waals surface area contributed by atoms with Crippen molar-refractivity contribution < 1.29 is 17.2 Å². The zero-order valence-electron chi connectivity index (χ0n) is 10.4. The Kier molecular flexibility index (Phi) is 3.59. The summed E-state index contributed by atoms with van der Waals surface area (Å²) in [5.74, 6) is 0. The maximum atomic E-state index is 12.6. The smallest absolute Gasteiger partial charge is 0.225 e. The number of pyridine rings is 1. The molecule has 2 N–H and O–H groups in total. The van der Waals surface area contributed by atoms with Crippen LogP contribution in [0.15, 0.2) is 23.2 Å². The molecule has 116 valence electrons. The Labute approximate surface area is 131 Å². The van der Waals surface area contributed by atoms with Crippen LogP contribution in [0.5, 0.6) is 0 Å². The number of rotatable bonds is 3. The molecule has 0 spiro atoms. The van der Waals surface area contributed by atoms with E-state index in [0.29, 0.717) is 16.9 Å². The van der Waals surface area contributed by atoms with Crippen molar-refractivity contribution >= 4 is 38.5 Å². The van der Waals surface area contributed by atoms with Gasteiger partial charge in [-0.15, -0.1) is 10.2 Å². The Balaban J connectivity index is 2.24. The van der Waals surface area contributed by atoms with Gasteiger partial charge >= 0.3 is 0 Å². The maximum absolute atomic E-state index is 12.6. The third-order valence-electron chi connectivity index (χ3n) is 2.74. The molecule has 3 rings (SSSR count). The maximum Gasteiger partial charge on any atom is 0.291 e. The Morgan fingerprint density at radius 1 is 1.32 bits per heavy atom. The van der Waals surface area contributed by atoms with Gasteiger partial charge in [0.05, 0.1) is 22.2 Å². The minimum absolute atomic E-state index is 0.00590. The molecule has 0 bridgehead atoms. The van der Waals surface area contributed by atoms with Crippen LogP contribution in [0, 0.1) is 0 Å². The Hall–Kier alpha value is -1.69. The molecule has 0 aliphatic carbocycles. The van der Waals surface area contributed by atoms with Crippen molar-refractivity contribution in [1.82, 2.24) is 19.8 Å². The summed E-state index contributed by atoms with van der Waals surface area (Å²) in [6.07, 6.45) is -1.40.